The molecule has 0 saturated carbocycles. The molecule has 0 aliphatic heterocycles. The minimum atomic E-state index is -3.69. The Bertz CT molecular complexity index is 583. The normalized spacial score (nSPS) is 13.2. The zero-order chi connectivity index (χ0) is 16.0. The molecule has 0 aliphatic rings. The van der Waals surface area contributed by atoms with Gasteiger partial charge in [-0.1, -0.05) is 12.1 Å². The van der Waals surface area contributed by atoms with E-state index in [0.717, 1.165) is 4.31 Å². The molecule has 1 atom stereocenters. The van der Waals surface area contributed by atoms with Crippen LogP contribution in [-0.2, 0) is 19.6 Å². The van der Waals surface area contributed by atoms with Crippen LogP contribution in [0, 0.1) is 0 Å². The summed E-state index contributed by atoms with van der Waals surface area (Å²) in [5, 5.41) is 9.52. The molecule has 0 aliphatic carbocycles. The predicted octanol–water partition coefficient (Wildman–Crippen LogP) is 1.31. The number of hydrogen-bond donors (Lipinski definition) is 1. The molecule has 1 aromatic carbocycles. The maximum absolute atomic E-state index is 12.4. The second-order valence-corrected chi connectivity index (χ2v) is 6.67. The maximum Gasteiger partial charge on any atom is 0.307 e. The average Bonchev–Trinajstić information content (AvgIpc) is 2.45. The fourth-order valence-electron chi connectivity index (χ4n) is 1.72. The number of benzene rings is 1. The van der Waals surface area contributed by atoms with Gasteiger partial charge in [-0.3, -0.25) is 4.79 Å². The molecule has 0 spiro atoms. The Balaban J connectivity index is 2.85. The van der Waals surface area contributed by atoms with Crippen LogP contribution in [0.2, 0.25) is 0 Å². The fourth-order valence-corrected chi connectivity index (χ4v) is 2.94. The number of sulfonamides is 1. The minimum Gasteiger partial charge on any atom is -0.466 e. The van der Waals surface area contributed by atoms with Crippen molar-refractivity contribution in [2.75, 3.05) is 20.2 Å². The highest BCUT2D eigenvalue weighted by atomic mass is 32.2. The van der Waals surface area contributed by atoms with Crippen LogP contribution in [0.25, 0.3) is 0 Å². The Morgan fingerprint density at radius 1 is 1.43 bits per heavy atom. The number of hydrogen-bond acceptors (Lipinski definition) is 5. The first-order valence-corrected chi connectivity index (χ1v) is 8.13. The molecule has 0 heterocycles. The monoisotopic (exact) mass is 315 g/mol. The largest absolute Gasteiger partial charge is 0.466 e. The molecule has 0 radical (unpaired) electrons. The van der Waals surface area contributed by atoms with E-state index in [0.29, 0.717) is 5.56 Å². The van der Waals surface area contributed by atoms with Gasteiger partial charge < -0.3 is 9.84 Å². The molecule has 118 valence electrons. The highest BCUT2D eigenvalue weighted by Crippen LogP contribution is 2.20. The van der Waals surface area contributed by atoms with Crippen LogP contribution >= 0.6 is 0 Å². The van der Waals surface area contributed by atoms with Gasteiger partial charge in [0.15, 0.2) is 0 Å². The third-order valence-corrected chi connectivity index (χ3v) is 4.84. The minimum absolute atomic E-state index is 0.000334. The number of rotatable bonds is 7. The van der Waals surface area contributed by atoms with Gasteiger partial charge in [0, 0.05) is 13.6 Å². The van der Waals surface area contributed by atoms with Crippen molar-refractivity contribution in [2.24, 2.45) is 0 Å². The van der Waals surface area contributed by atoms with Gasteiger partial charge in [0.05, 0.1) is 24.0 Å². The van der Waals surface area contributed by atoms with Crippen LogP contribution in [0.15, 0.2) is 29.2 Å². The van der Waals surface area contributed by atoms with E-state index in [1.165, 1.54) is 19.2 Å². The Kier molecular flexibility index (Phi) is 6.32. The van der Waals surface area contributed by atoms with Crippen molar-refractivity contribution < 1.29 is 23.1 Å². The molecule has 1 aromatic rings. The lowest BCUT2D eigenvalue weighted by molar-refractivity contribution is -0.143. The lowest BCUT2D eigenvalue weighted by atomic mass is 10.1. The van der Waals surface area contributed by atoms with E-state index in [1.807, 2.05) is 0 Å². The first kappa shape index (κ1) is 17.6. The van der Waals surface area contributed by atoms with Crippen LogP contribution in [-0.4, -0.2) is 44.0 Å². The van der Waals surface area contributed by atoms with E-state index in [9.17, 15) is 18.3 Å². The quantitative estimate of drug-likeness (QED) is 0.767. The molecule has 1 unspecified atom stereocenters. The van der Waals surface area contributed by atoms with Crippen molar-refractivity contribution in [1.82, 2.24) is 4.31 Å². The van der Waals surface area contributed by atoms with Gasteiger partial charge in [-0.15, -0.1) is 0 Å². The summed E-state index contributed by atoms with van der Waals surface area (Å²) >= 11 is 0. The highest BCUT2D eigenvalue weighted by Gasteiger charge is 2.22. The lowest BCUT2D eigenvalue weighted by Gasteiger charge is -2.17. The summed E-state index contributed by atoms with van der Waals surface area (Å²) in [5.74, 6) is -0.433. The molecular formula is C14H21NO5S. The molecule has 21 heavy (non-hydrogen) atoms. The van der Waals surface area contributed by atoms with Crippen molar-refractivity contribution in [1.29, 1.82) is 0 Å². The second kappa shape index (κ2) is 7.53. The molecule has 0 fully saturated rings. The number of carbonyl (C=O) groups is 1. The molecule has 0 amide bonds. The standard InChI is InChI=1S/C14H21NO5S/c1-4-20-14(17)8-9-15(3)21(18,19)13-7-5-6-12(10-13)11(2)16/h5-7,10-11,16H,4,8-9H2,1-3H3. The molecule has 0 aromatic heterocycles. The van der Waals surface area contributed by atoms with E-state index < -0.39 is 22.1 Å². The first-order valence-electron chi connectivity index (χ1n) is 6.69. The number of nitrogens with zero attached hydrogens (tertiary/aromatic N) is 1. The summed E-state index contributed by atoms with van der Waals surface area (Å²) < 4.78 is 30.6. The topological polar surface area (TPSA) is 83.9 Å². The molecule has 1 rings (SSSR count). The van der Waals surface area contributed by atoms with Crippen LogP contribution < -0.4 is 0 Å². The van der Waals surface area contributed by atoms with Gasteiger partial charge >= 0.3 is 5.97 Å². The van der Waals surface area contributed by atoms with E-state index in [-0.39, 0.29) is 24.5 Å². The number of esters is 1. The Labute approximate surface area is 125 Å². The van der Waals surface area contributed by atoms with Gasteiger partial charge in [0.1, 0.15) is 0 Å². The molecular weight excluding hydrogens is 294 g/mol. The van der Waals surface area contributed by atoms with Gasteiger partial charge in [-0.25, -0.2) is 12.7 Å². The van der Waals surface area contributed by atoms with E-state index in [2.05, 4.69) is 0 Å². The summed E-state index contributed by atoms with van der Waals surface area (Å²) in [7, 11) is -2.28. The third kappa shape index (κ3) is 4.80. The van der Waals surface area contributed by atoms with Gasteiger partial charge in [-0.2, -0.15) is 0 Å². The van der Waals surface area contributed by atoms with Crippen molar-refractivity contribution >= 4 is 16.0 Å². The van der Waals surface area contributed by atoms with E-state index >= 15 is 0 Å². The predicted molar refractivity (Wildman–Crippen MR) is 78.1 cm³/mol. The molecule has 0 saturated heterocycles. The third-order valence-electron chi connectivity index (χ3n) is 2.98. The summed E-state index contributed by atoms with van der Waals surface area (Å²) in [5.41, 5.74) is 0.523. The van der Waals surface area contributed by atoms with Crippen molar-refractivity contribution in [2.45, 2.75) is 31.3 Å². The summed E-state index contributed by atoms with van der Waals surface area (Å²) in [6.45, 7) is 3.57. The Morgan fingerprint density at radius 3 is 2.67 bits per heavy atom. The van der Waals surface area contributed by atoms with Crippen molar-refractivity contribution in [3.63, 3.8) is 0 Å². The van der Waals surface area contributed by atoms with Crippen LogP contribution in [0.1, 0.15) is 31.9 Å². The fraction of sp³-hybridized carbons (Fsp3) is 0.500. The van der Waals surface area contributed by atoms with Crippen molar-refractivity contribution in [3.05, 3.63) is 29.8 Å². The Morgan fingerprint density at radius 2 is 2.10 bits per heavy atom. The van der Waals surface area contributed by atoms with E-state index in [1.54, 1.807) is 26.0 Å². The highest BCUT2D eigenvalue weighted by molar-refractivity contribution is 7.89. The molecule has 6 nitrogen and oxygen atoms in total. The molecule has 1 N–H and O–H groups in total. The first-order chi connectivity index (χ1) is 9.78. The van der Waals surface area contributed by atoms with E-state index in [4.69, 9.17) is 4.74 Å². The summed E-state index contributed by atoms with van der Waals surface area (Å²) in [6, 6.07) is 6.12. The van der Waals surface area contributed by atoms with Crippen LogP contribution in [0.3, 0.4) is 0 Å². The van der Waals surface area contributed by atoms with Gasteiger partial charge in [0.2, 0.25) is 10.0 Å². The summed E-state index contributed by atoms with van der Waals surface area (Å²) in [6.07, 6.45) is -0.746. The Hall–Kier alpha value is -1.44. The zero-order valence-electron chi connectivity index (χ0n) is 12.4. The lowest BCUT2D eigenvalue weighted by Crippen LogP contribution is -2.29. The van der Waals surface area contributed by atoms with Crippen molar-refractivity contribution in [3.8, 4) is 0 Å². The number of aliphatic hydroxyl groups is 1. The average molecular weight is 315 g/mol. The van der Waals surface area contributed by atoms with Gasteiger partial charge in [0.25, 0.3) is 0 Å². The number of ether oxygens (including phenoxy) is 1. The second-order valence-electron chi connectivity index (χ2n) is 4.63. The zero-order valence-corrected chi connectivity index (χ0v) is 13.3. The number of aliphatic hydroxyl groups excluding tert-OH is 1. The molecule has 7 heteroatoms. The van der Waals surface area contributed by atoms with Gasteiger partial charge in [-0.05, 0) is 31.5 Å². The smallest absolute Gasteiger partial charge is 0.307 e. The SMILES string of the molecule is CCOC(=O)CCN(C)S(=O)(=O)c1cccc(C(C)O)c1. The van der Waals surface area contributed by atoms with Crippen LogP contribution in [0.4, 0.5) is 0 Å². The van der Waals surface area contributed by atoms with Crippen LogP contribution in [0.5, 0.6) is 0 Å². The number of carbonyl (C=O) groups excluding carboxylic acids is 1. The molecule has 0 bridgehead atoms. The maximum atomic E-state index is 12.4. The summed E-state index contributed by atoms with van der Waals surface area (Å²) in [4.78, 5) is 11.4.